The molecule has 0 spiro atoms. The second-order valence-electron chi connectivity index (χ2n) is 4.59. The van der Waals surface area contributed by atoms with Crippen LogP contribution in [0.2, 0.25) is 0 Å². The largest absolute Gasteiger partial charge is 0.346 e. The van der Waals surface area contributed by atoms with Gasteiger partial charge in [0.15, 0.2) is 0 Å². The van der Waals surface area contributed by atoms with Gasteiger partial charge in [0.1, 0.15) is 6.04 Å². The highest BCUT2D eigenvalue weighted by atomic mass is 16.5. The van der Waals surface area contributed by atoms with Gasteiger partial charge in [-0.15, -0.1) is 0 Å². The molecule has 1 saturated carbocycles. The Labute approximate surface area is 110 Å². The van der Waals surface area contributed by atoms with E-state index in [9.17, 15) is 4.79 Å². The number of nitrogens with one attached hydrogen (secondary N) is 1. The van der Waals surface area contributed by atoms with Crippen molar-refractivity contribution in [2.24, 2.45) is 5.73 Å². The molecule has 0 bridgehead atoms. The van der Waals surface area contributed by atoms with Crippen molar-refractivity contribution in [2.75, 3.05) is 0 Å². The molecule has 1 heterocycles. The summed E-state index contributed by atoms with van der Waals surface area (Å²) in [4.78, 5) is 15.8. The van der Waals surface area contributed by atoms with Crippen LogP contribution in [-0.4, -0.2) is 22.1 Å². The lowest BCUT2D eigenvalue weighted by Gasteiger charge is -2.05. The van der Waals surface area contributed by atoms with E-state index in [2.05, 4.69) is 15.5 Å². The fraction of sp³-hybridized carbons (Fsp3) is 0.308. The van der Waals surface area contributed by atoms with Gasteiger partial charge in [0, 0.05) is 6.04 Å². The molecule has 1 aromatic heterocycles. The number of nitrogens with two attached hydrogens (primary N) is 1. The van der Waals surface area contributed by atoms with E-state index in [0.29, 0.717) is 0 Å². The van der Waals surface area contributed by atoms with E-state index in [1.807, 2.05) is 30.3 Å². The molecule has 0 unspecified atom stereocenters. The molecule has 0 saturated heterocycles. The molecule has 3 N–H and O–H groups in total. The average molecular weight is 258 g/mol. The molecule has 1 aliphatic rings. The van der Waals surface area contributed by atoms with E-state index in [0.717, 1.165) is 18.4 Å². The molecular weight excluding hydrogens is 244 g/mol. The topological polar surface area (TPSA) is 94.0 Å². The van der Waals surface area contributed by atoms with Crippen molar-refractivity contribution in [1.82, 2.24) is 15.5 Å². The quantitative estimate of drug-likeness (QED) is 0.853. The molecule has 0 radical (unpaired) electrons. The fourth-order valence-electron chi connectivity index (χ4n) is 1.73. The van der Waals surface area contributed by atoms with Crippen molar-refractivity contribution in [3.8, 4) is 0 Å². The van der Waals surface area contributed by atoms with E-state index >= 15 is 0 Å². The molecule has 6 heteroatoms. The highest BCUT2D eigenvalue weighted by molar-refractivity contribution is 5.90. The van der Waals surface area contributed by atoms with Crippen LogP contribution in [0.5, 0.6) is 0 Å². The van der Waals surface area contributed by atoms with Crippen LogP contribution in [0.15, 0.2) is 34.9 Å². The molecule has 98 valence electrons. The van der Waals surface area contributed by atoms with Gasteiger partial charge in [0.2, 0.25) is 5.89 Å². The summed E-state index contributed by atoms with van der Waals surface area (Å²) >= 11 is 0. The number of nitrogens with zero attached hydrogens (tertiary/aromatic N) is 2. The number of carbonyl (C=O) groups excluding carboxylic acids is 1. The van der Waals surface area contributed by atoms with Gasteiger partial charge in [-0.3, -0.25) is 4.79 Å². The van der Waals surface area contributed by atoms with Crippen LogP contribution in [-0.2, 0) is 0 Å². The maximum Gasteiger partial charge on any atom is 0.292 e. The lowest BCUT2D eigenvalue weighted by Crippen LogP contribution is -2.26. The molecule has 0 aliphatic heterocycles. The molecule has 19 heavy (non-hydrogen) atoms. The summed E-state index contributed by atoms with van der Waals surface area (Å²) in [7, 11) is 0. The Balaban J connectivity index is 1.75. The van der Waals surface area contributed by atoms with Crippen LogP contribution < -0.4 is 11.1 Å². The third kappa shape index (κ3) is 2.63. The zero-order chi connectivity index (χ0) is 13.2. The third-order valence-electron chi connectivity index (χ3n) is 2.98. The molecule has 1 amide bonds. The normalized spacial score (nSPS) is 16.1. The summed E-state index contributed by atoms with van der Waals surface area (Å²) in [6.07, 6.45) is 2.03. The first-order valence-electron chi connectivity index (χ1n) is 6.19. The highest BCUT2D eigenvalue weighted by Crippen LogP contribution is 2.20. The Morgan fingerprint density at radius 1 is 1.37 bits per heavy atom. The SMILES string of the molecule is N[C@@H](c1ccccc1)c1nc(C(=O)NC2CC2)no1. The number of hydrogen-bond acceptors (Lipinski definition) is 5. The van der Waals surface area contributed by atoms with Gasteiger partial charge in [-0.2, -0.15) is 4.98 Å². The van der Waals surface area contributed by atoms with Crippen molar-refractivity contribution in [3.63, 3.8) is 0 Å². The number of hydrogen-bond donors (Lipinski definition) is 2. The lowest BCUT2D eigenvalue weighted by molar-refractivity contribution is 0.0937. The zero-order valence-corrected chi connectivity index (χ0v) is 10.2. The minimum atomic E-state index is -0.517. The van der Waals surface area contributed by atoms with Gasteiger partial charge in [0.25, 0.3) is 11.7 Å². The molecule has 1 aromatic carbocycles. The number of rotatable bonds is 4. The molecule has 1 fully saturated rings. The Morgan fingerprint density at radius 3 is 2.79 bits per heavy atom. The molecule has 6 nitrogen and oxygen atoms in total. The summed E-state index contributed by atoms with van der Waals surface area (Å²) < 4.78 is 5.06. The first-order valence-corrected chi connectivity index (χ1v) is 6.19. The minimum Gasteiger partial charge on any atom is -0.346 e. The molecule has 1 atom stereocenters. The molecule has 1 aliphatic carbocycles. The lowest BCUT2D eigenvalue weighted by atomic mass is 10.1. The Kier molecular flexibility index (Phi) is 3.00. The number of benzene rings is 1. The summed E-state index contributed by atoms with van der Waals surface area (Å²) in [6, 6.07) is 9.16. The molecular formula is C13H14N4O2. The average Bonchev–Trinajstić information content (AvgIpc) is 3.11. The maximum absolute atomic E-state index is 11.7. The standard InChI is InChI=1S/C13H14N4O2/c14-10(8-4-2-1-3-5-8)13-16-11(17-19-13)12(18)15-9-6-7-9/h1-5,9-10H,6-7,14H2,(H,15,18)/t10-/m0/s1. The van der Waals surface area contributed by atoms with Crippen LogP contribution in [0.4, 0.5) is 0 Å². The summed E-state index contributed by atoms with van der Waals surface area (Å²) in [5, 5.41) is 6.46. The van der Waals surface area contributed by atoms with Crippen molar-refractivity contribution >= 4 is 5.91 Å². The predicted molar refractivity (Wildman–Crippen MR) is 67.3 cm³/mol. The van der Waals surface area contributed by atoms with Gasteiger partial charge in [-0.05, 0) is 18.4 Å². The summed E-state index contributed by atoms with van der Waals surface area (Å²) in [5.41, 5.74) is 6.88. The van der Waals surface area contributed by atoms with Gasteiger partial charge in [-0.25, -0.2) is 0 Å². The van der Waals surface area contributed by atoms with Crippen LogP contribution in [0, 0.1) is 0 Å². The second kappa shape index (κ2) is 4.81. The van der Waals surface area contributed by atoms with E-state index in [-0.39, 0.29) is 23.7 Å². The second-order valence-corrected chi connectivity index (χ2v) is 4.59. The summed E-state index contributed by atoms with van der Waals surface area (Å²) in [6.45, 7) is 0. The Bertz CT molecular complexity index is 577. The minimum absolute atomic E-state index is 0.0354. The van der Waals surface area contributed by atoms with Crippen LogP contribution in [0.3, 0.4) is 0 Å². The fourth-order valence-corrected chi connectivity index (χ4v) is 1.73. The van der Waals surface area contributed by atoms with Gasteiger partial charge in [0.05, 0.1) is 0 Å². The maximum atomic E-state index is 11.7. The number of aromatic nitrogens is 2. The third-order valence-corrected chi connectivity index (χ3v) is 2.98. The van der Waals surface area contributed by atoms with Gasteiger partial charge in [-0.1, -0.05) is 35.5 Å². The predicted octanol–water partition coefficient (Wildman–Crippen LogP) is 1.01. The van der Waals surface area contributed by atoms with Crippen molar-refractivity contribution in [3.05, 3.63) is 47.6 Å². The molecule has 2 aromatic rings. The Hall–Kier alpha value is -2.21. The van der Waals surface area contributed by atoms with E-state index in [1.165, 1.54) is 0 Å². The van der Waals surface area contributed by atoms with Gasteiger partial charge < -0.3 is 15.6 Å². The van der Waals surface area contributed by atoms with E-state index in [4.69, 9.17) is 10.3 Å². The van der Waals surface area contributed by atoms with Gasteiger partial charge >= 0.3 is 0 Å². The number of carbonyl (C=O) groups is 1. The van der Waals surface area contributed by atoms with E-state index < -0.39 is 6.04 Å². The number of amides is 1. The van der Waals surface area contributed by atoms with Crippen molar-refractivity contribution in [1.29, 1.82) is 0 Å². The van der Waals surface area contributed by atoms with Crippen LogP contribution >= 0.6 is 0 Å². The van der Waals surface area contributed by atoms with Crippen LogP contribution in [0.25, 0.3) is 0 Å². The first-order chi connectivity index (χ1) is 9.24. The smallest absolute Gasteiger partial charge is 0.292 e. The monoisotopic (exact) mass is 258 g/mol. The van der Waals surface area contributed by atoms with E-state index in [1.54, 1.807) is 0 Å². The summed E-state index contributed by atoms with van der Waals surface area (Å²) in [5.74, 6) is -0.0295. The van der Waals surface area contributed by atoms with Crippen LogP contribution in [0.1, 0.15) is 41.0 Å². The molecule has 3 rings (SSSR count). The first kappa shape index (κ1) is 11.9. The van der Waals surface area contributed by atoms with Crippen molar-refractivity contribution < 1.29 is 9.32 Å². The Morgan fingerprint density at radius 2 is 2.11 bits per heavy atom. The highest BCUT2D eigenvalue weighted by Gasteiger charge is 2.27. The zero-order valence-electron chi connectivity index (χ0n) is 10.2. The van der Waals surface area contributed by atoms with Crippen molar-refractivity contribution in [2.45, 2.75) is 24.9 Å².